The van der Waals surface area contributed by atoms with Crippen molar-refractivity contribution in [1.29, 1.82) is 0 Å². The molecule has 2 aromatic heterocycles. The maximum absolute atomic E-state index is 12.4. The second-order valence-electron chi connectivity index (χ2n) is 7.48. The molecule has 8 heteroatoms. The number of halogens is 3. The van der Waals surface area contributed by atoms with Crippen LogP contribution in [-0.4, -0.2) is 65.7 Å². The van der Waals surface area contributed by atoms with Gasteiger partial charge in [0.1, 0.15) is 5.65 Å². The Morgan fingerprint density at radius 1 is 1.36 bits per heavy atom. The Labute approximate surface area is 163 Å². The average Bonchev–Trinajstić information content (AvgIpc) is 3.14. The van der Waals surface area contributed by atoms with Gasteiger partial charge in [0.05, 0.1) is 5.82 Å². The van der Waals surface area contributed by atoms with E-state index in [9.17, 15) is 13.2 Å². The molecule has 1 atom stereocenters. The van der Waals surface area contributed by atoms with Gasteiger partial charge in [0.15, 0.2) is 0 Å². The molecular weight excluding hydrogens is 367 g/mol. The van der Waals surface area contributed by atoms with E-state index in [0.29, 0.717) is 12.6 Å². The number of nitrogens with zero attached hydrogens (tertiary/aromatic N) is 4. The molecule has 0 bridgehead atoms. The van der Waals surface area contributed by atoms with Crippen molar-refractivity contribution in [3.63, 3.8) is 0 Å². The van der Waals surface area contributed by atoms with Crippen molar-refractivity contribution in [1.82, 2.24) is 19.8 Å². The van der Waals surface area contributed by atoms with Crippen LogP contribution in [0, 0.1) is 0 Å². The van der Waals surface area contributed by atoms with Crippen LogP contribution in [0.1, 0.15) is 25.7 Å². The lowest BCUT2D eigenvalue weighted by Crippen LogP contribution is -2.48. The summed E-state index contributed by atoms with van der Waals surface area (Å²) in [5.41, 5.74) is 1.99. The number of aromatic amines is 1. The zero-order chi connectivity index (χ0) is 20.3. The van der Waals surface area contributed by atoms with E-state index in [0.717, 1.165) is 48.5 Å². The number of likely N-dealkylation sites (tertiary alicyclic amines) is 1. The van der Waals surface area contributed by atoms with E-state index in [2.05, 4.69) is 33.4 Å². The number of hydrogen-bond acceptors (Lipinski definition) is 4. The number of likely N-dealkylation sites (N-methyl/N-ethyl adjacent to an activating group) is 1. The number of anilines is 1. The summed E-state index contributed by atoms with van der Waals surface area (Å²) in [4.78, 5) is 13.8. The molecule has 0 spiro atoms. The molecule has 3 rings (SSSR count). The molecule has 28 heavy (non-hydrogen) atoms. The van der Waals surface area contributed by atoms with E-state index in [4.69, 9.17) is 0 Å². The summed E-state index contributed by atoms with van der Waals surface area (Å²) in [7, 11) is 3.91. The highest BCUT2D eigenvalue weighted by Gasteiger charge is 2.28. The van der Waals surface area contributed by atoms with Crippen LogP contribution in [-0.2, 0) is 0 Å². The third-order valence-corrected chi connectivity index (χ3v) is 5.52. The molecular formula is C20H28F3N5. The second kappa shape index (κ2) is 8.32. The molecule has 0 radical (unpaired) electrons. The lowest BCUT2D eigenvalue weighted by molar-refractivity contribution is -0.136. The average molecular weight is 395 g/mol. The number of piperidine rings is 1. The molecule has 0 unspecified atom stereocenters. The first kappa shape index (κ1) is 20.4. The van der Waals surface area contributed by atoms with Crippen molar-refractivity contribution in [3.8, 4) is 0 Å². The van der Waals surface area contributed by atoms with Gasteiger partial charge in [0.25, 0.3) is 0 Å². The van der Waals surface area contributed by atoms with Crippen LogP contribution < -0.4 is 4.90 Å². The zero-order valence-electron chi connectivity index (χ0n) is 16.5. The lowest BCUT2D eigenvalue weighted by Gasteiger charge is -2.42. The van der Waals surface area contributed by atoms with Crippen LogP contribution in [0.2, 0.25) is 0 Å². The normalized spacial score (nSPS) is 17.8. The smallest absolute Gasteiger partial charge is 0.369 e. The van der Waals surface area contributed by atoms with Crippen LogP contribution in [0.4, 0.5) is 18.9 Å². The minimum absolute atomic E-state index is 0.0820. The summed E-state index contributed by atoms with van der Waals surface area (Å²) < 4.78 is 37.2. The third-order valence-electron chi connectivity index (χ3n) is 5.52. The van der Waals surface area contributed by atoms with Gasteiger partial charge in [-0.15, -0.1) is 0 Å². The highest BCUT2D eigenvalue weighted by atomic mass is 19.4. The summed E-state index contributed by atoms with van der Waals surface area (Å²) in [5, 5.41) is 1.09. The molecule has 0 saturated carbocycles. The van der Waals surface area contributed by atoms with Gasteiger partial charge < -0.3 is 19.7 Å². The number of fused-ring (bicyclic) bond motifs is 1. The summed E-state index contributed by atoms with van der Waals surface area (Å²) >= 11 is 0. The minimum atomic E-state index is -4.10. The Hall–Kier alpha value is -2.38. The monoisotopic (exact) mass is 395 g/mol. The number of aromatic nitrogens is 2. The van der Waals surface area contributed by atoms with Gasteiger partial charge in [0.2, 0.25) is 0 Å². The Bertz CT molecular complexity index is 800. The van der Waals surface area contributed by atoms with Crippen molar-refractivity contribution >= 4 is 16.7 Å². The van der Waals surface area contributed by atoms with E-state index >= 15 is 0 Å². The van der Waals surface area contributed by atoms with Gasteiger partial charge in [-0.25, -0.2) is 4.98 Å². The number of rotatable bonds is 7. The predicted molar refractivity (Wildman–Crippen MR) is 106 cm³/mol. The fourth-order valence-corrected chi connectivity index (χ4v) is 3.84. The molecule has 5 nitrogen and oxygen atoms in total. The first-order valence-electron chi connectivity index (χ1n) is 9.63. The molecule has 1 aliphatic heterocycles. The van der Waals surface area contributed by atoms with Crippen LogP contribution in [0.5, 0.6) is 0 Å². The third kappa shape index (κ3) is 4.72. The van der Waals surface area contributed by atoms with Crippen molar-refractivity contribution in [3.05, 3.63) is 36.9 Å². The Morgan fingerprint density at radius 3 is 2.89 bits per heavy atom. The Morgan fingerprint density at radius 2 is 2.14 bits per heavy atom. The van der Waals surface area contributed by atoms with Crippen LogP contribution in [0.3, 0.4) is 0 Å². The summed E-state index contributed by atoms with van der Waals surface area (Å²) in [6.07, 6.45) is 0.995. The molecule has 0 aromatic carbocycles. The molecule has 0 amide bonds. The Kier molecular flexibility index (Phi) is 6.05. The first-order chi connectivity index (χ1) is 13.3. The number of H-pyrrole nitrogens is 1. The van der Waals surface area contributed by atoms with Crippen LogP contribution >= 0.6 is 0 Å². The standard InChI is InChI=1S/C20H28F3N5/c1-15(26(2)12-5-9-20(21,22)23)28-13-4-6-16(14-28)27(3)18-8-11-25-19-17(18)7-10-24-19/h7-8,10-11,16H,1,4-6,9,12-14H2,2-3H3,(H,24,25)/t16-/m1/s1. The minimum Gasteiger partial charge on any atom is -0.369 e. The highest BCUT2D eigenvalue weighted by molar-refractivity contribution is 5.89. The van der Waals surface area contributed by atoms with Gasteiger partial charge in [-0.2, -0.15) is 13.2 Å². The van der Waals surface area contributed by atoms with Gasteiger partial charge in [0, 0.05) is 69.7 Å². The first-order valence-corrected chi connectivity index (χ1v) is 9.63. The zero-order valence-corrected chi connectivity index (χ0v) is 16.5. The van der Waals surface area contributed by atoms with Crippen molar-refractivity contribution in [2.75, 3.05) is 38.6 Å². The summed E-state index contributed by atoms with van der Waals surface area (Å²) in [6.45, 7) is 6.17. The van der Waals surface area contributed by atoms with Crippen LogP contribution in [0.25, 0.3) is 11.0 Å². The molecule has 0 aliphatic carbocycles. The van der Waals surface area contributed by atoms with E-state index in [-0.39, 0.29) is 6.42 Å². The highest BCUT2D eigenvalue weighted by Crippen LogP contribution is 2.29. The van der Waals surface area contributed by atoms with Crippen molar-refractivity contribution in [2.45, 2.75) is 37.9 Å². The molecule has 3 heterocycles. The van der Waals surface area contributed by atoms with Crippen molar-refractivity contribution < 1.29 is 13.2 Å². The maximum Gasteiger partial charge on any atom is 0.389 e. The number of alkyl halides is 3. The largest absolute Gasteiger partial charge is 0.389 e. The quantitative estimate of drug-likeness (QED) is 0.762. The van der Waals surface area contributed by atoms with Gasteiger partial charge >= 0.3 is 6.18 Å². The number of hydrogen-bond donors (Lipinski definition) is 1. The molecule has 2 aromatic rings. The van der Waals surface area contributed by atoms with Gasteiger partial charge in [-0.1, -0.05) is 6.58 Å². The maximum atomic E-state index is 12.4. The molecule has 1 saturated heterocycles. The number of nitrogens with one attached hydrogen (secondary N) is 1. The molecule has 154 valence electrons. The second-order valence-corrected chi connectivity index (χ2v) is 7.48. The summed E-state index contributed by atoms with van der Waals surface area (Å²) in [5.74, 6) is 0.793. The molecule has 1 fully saturated rings. The lowest BCUT2D eigenvalue weighted by atomic mass is 10.0. The fourth-order valence-electron chi connectivity index (χ4n) is 3.84. The van der Waals surface area contributed by atoms with Gasteiger partial charge in [-0.3, -0.25) is 0 Å². The SMILES string of the molecule is C=C(N(C)CCCC(F)(F)F)N1CCC[C@@H](N(C)c2ccnc3[nH]ccc23)C1. The van der Waals surface area contributed by atoms with E-state index in [1.54, 1.807) is 6.20 Å². The molecule has 1 aliphatic rings. The van der Waals surface area contributed by atoms with E-state index in [1.165, 1.54) is 0 Å². The topological polar surface area (TPSA) is 38.4 Å². The number of pyridine rings is 1. The predicted octanol–water partition coefficient (Wildman–Crippen LogP) is 4.21. The molecule has 1 N–H and O–H groups in total. The van der Waals surface area contributed by atoms with Gasteiger partial charge in [-0.05, 0) is 31.4 Å². The Balaban J connectivity index is 1.61. The van der Waals surface area contributed by atoms with Crippen molar-refractivity contribution in [2.24, 2.45) is 0 Å². The fraction of sp³-hybridized carbons (Fsp3) is 0.550. The van der Waals surface area contributed by atoms with E-state index < -0.39 is 12.6 Å². The van der Waals surface area contributed by atoms with E-state index in [1.807, 2.05) is 30.3 Å². The summed E-state index contributed by atoms with van der Waals surface area (Å²) in [6, 6.07) is 4.35. The van der Waals surface area contributed by atoms with Crippen LogP contribution in [0.15, 0.2) is 36.9 Å².